The summed E-state index contributed by atoms with van der Waals surface area (Å²) in [5.41, 5.74) is 1.10. The maximum atomic E-state index is 13.7. The molecule has 0 N–H and O–H groups in total. The van der Waals surface area contributed by atoms with Gasteiger partial charge >= 0.3 is 0 Å². The fourth-order valence-electron chi connectivity index (χ4n) is 4.49. The largest absolute Gasteiger partial charge is 0.479 e. The van der Waals surface area contributed by atoms with E-state index >= 15 is 0 Å². The molecule has 2 aromatic rings. The van der Waals surface area contributed by atoms with Crippen LogP contribution in [0.5, 0.6) is 0 Å². The molecule has 10 heteroatoms. The molecule has 4 amide bonds. The van der Waals surface area contributed by atoms with Gasteiger partial charge in [0.15, 0.2) is 0 Å². The number of para-hydroxylation sites is 1. The smallest absolute Gasteiger partial charge is 0.261 e. The second-order valence-corrected chi connectivity index (χ2v) is 11.8. The number of carbonyl (C=O) groups excluding carboxylic acids is 4. The standard InChI is InChI=1S/C26H26N2O5S3/c1-3-33-26(34)36-21(35-4-2)14-19-20(25(32)28(24(19)31)16-10-6-5-7-11-16)15-27-22(29)17-12-8-9-13-18(17)23(27)30/h5-13,19-21H,3-4,14-15H2,1-2H3/t19-,20-,21?/m0/s1. The summed E-state index contributed by atoms with van der Waals surface area (Å²) in [4.78, 5) is 55.7. The van der Waals surface area contributed by atoms with E-state index < -0.39 is 29.6 Å². The molecule has 3 atom stereocenters. The molecule has 36 heavy (non-hydrogen) atoms. The number of hydrogen-bond donors (Lipinski definition) is 0. The second-order valence-electron chi connectivity index (χ2n) is 8.25. The van der Waals surface area contributed by atoms with Crippen LogP contribution in [0.25, 0.3) is 0 Å². The van der Waals surface area contributed by atoms with Gasteiger partial charge in [-0.25, -0.2) is 4.90 Å². The van der Waals surface area contributed by atoms with Gasteiger partial charge in [-0.3, -0.25) is 24.1 Å². The molecule has 0 aromatic heterocycles. The predicted molar refractivity (Wildman–Crippen MR) is 146 cm³/mol. The summed E-state index contributed by atoms with van der Waals surface area (Å²) in [6.45, 7) is 4.15. The van der Waals surface area contributed by atoms with Crippen LogP contribution in [0.3, 0.4) is 0 Å². The SMILES string of the molecule is CCOC(=S)SC(C[C@@H]1C(=O)N(c2ccccc2)C(=O)[C@H]1CN1C(=O)c2ccccc2C1=O)SCC. The van der Waals surface area contributed by atoms with Crippen molar-refractivity contribution in [2.75, 3.05) is 23.8 Å². The van der Waals surface area contributed by atoms with E-state index in [1.807, 2.05) is 19.9 Å². The van der Waals surface area contributed by atoms with Crippen LogP contribution >= 0.6 is 35.7 Å². The molecular weight excluding hydrogens is 516 g/mol. The topological polar surface area (TPSA) is 84.0 Å². The number of rotatable bonds is 9. The Morgan fingerprint density at radius 2 is 1.50 bits per heavy atom. The highest BCUT2D eigenvalue weighted by Gasteiger charge is 2.51. The van der Waals surface area contributed by atoms with Crippen LogP contribution in [-0.2, 0) is 14.3 Å². The minimum Gasteiger partial charge on any atom is -0.479 e. The fourth-order valence-corrected chi connectivity index (χ4v) is 7.50. The molecule has 0 aliphatic carbocycles. The summed E-state index contributed by atoms with van der Waals surface area (Å²) in [6.07, 6.45) is 0.345. The molecule has 2 aromatic carbocycles. The van der Waals surface area contributed by atoms with Crippen molar-refractivity contribution in [3.05, 3.63) is 65.7 Å². The number of fused-ring (bicyclic) bond motifs is 1. The van der Waals surface area contributed by atoms with Gasteiger partial charge < -0.3 is 4.74 Å². The summed E-state index contributed by atoms with van der Waals surface area (Å²) in [6, 6.07) is 15.3. The van der Waals surface area contributed by atoms with Crippen LogP contribution in [0.1, 0.15) is 41.0 Å². The molecular formula is C26H26N2O5S3. The number of thioether (sulfide) groups is 2. The Labute approximate surface area is 223 Å². The average Bonchev–Trinajstić information content (AvgIpc) is 3.25. The molecule has 2 aliphatic heterocycles. The van der Waals surface area contributed by atoms with E-state index in [4.69, 9.17) is 17.0 Å². The first-order valence-corrected chi connectivity index (χ1v) is 14.0. The Morgan fingerprint density at radius 3 is 2.08 bits per heavy atom. The number of imide groups is 2. The zero-order valence-electron chi connectivity index (χ0n) is 19.9. The van der Waals surface area contributed by atoms with Gasteiger partial charge in [-0.1, -0.05) is 49.0 Å². The van der Waals surface area contributed by atoms with Gasteiger partial charge in [-0.2, -0.15) is 0 Å². The highest BCUT2D eigenvalue weighted by molar-refractivity contribution is 8.30. The molecule has 7 nitrogen and oxygen atoms in total. The average molecular weight is 543 g/mol. The summed E-state index contributed by atoms with van der Waals surface area (Å²) >= 11 is 8.30. The first-order chi connectivity index (χ1) is 17.4. The number of thiocarbonyl (C=S) groups is 1. The summed E-state index contributed by atoms with van der Waals surface area (Å²) in [5.74, 6) is -2.43. The number of anilines is 1. The Bertz CT molecular complexity index is 1150. The van der Waals surface area contributed by atoms with Crippen molar-refractivity contribution in [2.24, 2.45) is 11.8 Å². The van der Waals surface area contributed by atoms with Gasteiger partial charge in [-0.05, 0) is 55.6 Å². The van der Waals surface area contributed by atoms with Crippen molar-refractivity contribution in [2.45, 2.75) is 24.9 Å². The lowest BCUT2D eigenvalue weighted by Crippen LogP contribution is -2.39. The third-order valence-corrected chi connectivity index (χ3v) is 8.89. The third kappa shape index (κ3) is 5.21. The van der Waals surface area contributed by atoms with E-state index in [0.29, 0.717) is 34.2 Å². The lowest BCUT2D eigenvalue weighted by Gasteiger charge is -2.24. The highest BCUT2D eigenvalue weighted by atomic mass is 32.2. The van der Waals surface area contributed by atoms with Gasteiger partial charge in [0, 0.05) is 6.54 Å². The van der Waals surface area contributed by atoms with E-state index in [1.54, 1.807) is 60.3 Å². The van der Waals surface area contributed by atoms with Gasteiger partial charge in [0.1, 0.15) is 0 Å². The number of benzene rings is 2. The van der Waals surface area contributed by atoms with E-state index in [9.17, 15) is 19.2 Å². The molecule has 2 aliphatic rings. The number of amides is 4. The third-order valence-electron chi connectivity index (χ3n) is 6.12. The van der Waals surface area contributed by atoms with Crippen molar-refractivity contribution in [3.8, 4) is 0 Å². The summed E-state index contributed by atoms with van der Waals surface area (Å²) < 4.78 is 5.70. The zero-order chi connectivity index (χ0) is 25.8. The highest BCUT2D eigenvalue weighted by Crippen LogP contribution is 2.40. The maximum Gasteiger partial charge on any atom is 0.261 e. The van der Waals surface area contributed by atoms with E-state index in [2.05, 4.69) is 0 Å². The van der Waals surface area contributed by atoms with Gasteiger partial charge in [0.05, 0.1) is 39.8 Å². The molecule has 1 saturated heterocycles. The van der Waals surface area contributed by atoms with Crippen LogP contribution in [0.2, 0.25) is 0 Å². The molecule has 2 heterocycles. The predicted octanol–water partition coefficient (Wildman–Crippen LogP) is 4.61. The van der Waals surface area contributed by atoms with E-state index in [-0.39, 0.29) is 17.0 Å². The molecule has 0 radical (unpaired) electrons. The quantitative estimate of drug-likeness (QED) is 0.258. The first-order valence-electron chi connectivity index (χ1n) is 11.7. The molecule has 0 spiro atoms. The van der Waals surface area contributed by atoms with E-state index in [0.717, 1.165) is 10.7 Å². The molecule has 1 fully saturated rings. The normalized spacial score (nSPS) is 20.2. The Balaban J connectivity index is 1.64. The minimum atomic E-state index is -0.860. The van der Waals surface area contributed by atoms with Gasteiger partial charge in [0.25, 0.3) is 11.8 Å². The van der Waals surface area contributed by atoms with Gasteiger partial charge in [-0.15, -0.1) is 11.8 Å². The van der Waals surface area contributed by atoms with Crippen molar-refractivity contribution in [1.82, 2.24) is 4.90 Å². The number of carbonyl (C=O) groups is 4. The van der Waals surface area contributed by atoms with Crippen LogP contribution in [0.15, 0.2) is 54.6 Å². The van der Waals surface area contributed by atoms with Crippen molar-refractivity contribution < 1.29 is 23.9 Å². The fraction of sp³-hybridized carbons (Fsp3) is 0.346. The maximum absolute atomic E-state index is 13.7. The summed E-state index contributed by atoms with van der Waals surface area (Å²) in [7, 11) is 0. The lowest BCUT2D eigenvalue weighted by molar-refractivity contribution is -0.122. The van der Waals surface area contributed by atoms with Crippen LogP contribution in [-0.4, -0.2) is 56.4 Å². The van der Waals surface area contributed by atoms with E-state index in [1.165, 1.54) is 16.7 Å². The Kier molecular flexibility index (Phi) is 8.48. The van der Waals surface area contributed by atoms with Crippen molar-refractivity contribution in [3.63, 3.8) is 0 Å². The van der Waals surface area contributed by atoms with Crippen LogP contribution in [0.4, 0.5) is 5.69 Å². The Hall–Kier alpha value is -2.69. The monoisotopic (exact) mass is 542 g/mol. The lowest BCUT2D eigenvalue weighted by atomic mass is 9.92. The Morgan fingerprint density at radius 1 is 0.917 bits per heavy atom. The molecule has 4 rings (SSSR count). The number of nitrogens with zero attached hydrogens (tertiary/aromatic N) is 2. The van der Waals surface area contributed by atoms with Crippen molar-refractivity contribution in [1.29, 1.82) is 0 Å². The minimum absolute atomic E-state index is 0.129. The molecule has 188 valence electrons. The second kappa shape index (κ2) is 11.6. The molecule has 0 bridgehead atoms. The van der Waals surface area contributed by atoms with Crippen molar-refractivity contribution >= 4 is 69.4 Å². The van der Waals surface area contributed by atoms with Crippen LogP contribution < -0.4 is 4.90 Å². The zero-order valence-corrected chi connectivity index (χ0v) is 22.4. The number of hydrogen-bond acceptors (Lipinski definition) is 8. The molecule has 1 unspecified atom stereocenters. The molecule has 0 saturated carbocycles. The summed E-state index contributed by atoms with van der Waals surface area (Å²) in [5, 5.41) is 0. The number of ether oxygens (including phenoxy) is 1. The van der Waals surface area contributed by atoms with Crippen LogP contribution in [0, 0.1) is 11.8 Å². The van der Waals surface area contributed by atoms with Gasteiger partial charge in [0.2, 0.25) is 16.2 Å². The first kappa shape index (κ1) is 26.4.